The molecule has 1 aromatic rings. The van der Waals surface area contributed by atoms with Gasteiger partial charge < -0.3 is 10.5 Å². The smallest absolute Gasteiger partial charge is 0.272 e. The molecule has 17 heavy (non-hydrogen) atoms. The van der Waals surface area contributed by atoms with Crippen LogP contribution in [0.4, 0.5) is 8.78 Å². The largest absolute Gasteiger partial charge is 0.487 e. The molecule has 0 fully saturated rings. The first-order valence-corrected chi connectivity index (χ1v) is 6.42. The van der Waals surface area contributed by atoms with Gasteiger partial charge in [-0.2, -0.15) is 0 Å². The Morgan fingerprint density at radius 2 is 2.24 bits per heavy atom. The van der Waals surface area contributed by atoms with E-state index in [1.165, 1.54) is 0 Å². The quantitative estimate of drug-likeness (QED) is 0.640. The lowest BCUT2D eigenvalue weighted by Gasteiger charge is -2.13. The van der Waals surface area contributed by atoms with Crippen molar-refractivity contribution >= 4 is 29.0 Å². The predicted molar refractivity (Wildman–Crippen MR) is 70.2 cm³/mol. The molecule has 0 atom stereocenters. The second-order valence-corrected chi connectivity index (χ2v) is 4.87. The van der Waals surface area contributed by atoms with Crippen LogP contribution in [0, 0.1) is 0 Å². The number of ether oxygens (including phenoxy) is 1. The Balaban J connectivity index is 3.02. The van der Waals surface area contributed by atoms with Gasteiger partial charge in [-0.3, -0.25) is 0 Å². The average Bonchev–Trinajstić information content (AvgIpc) is 2.26. The van der Waals surface area contributed by atoms with Crippen LogP contribution in [-0.4, -0.2) is 23.8 Å². The number of benzene rings is 1. The molecule has 0 radical (unpaired) electrons. The summed E-state index contributed by atoms with van der Waals surface area (Å²) in [7, 11) is 0. The molecule has 0 saturated heterocycles. The molecule has 0 aliphatic heterocycles. The molecule has 2 N–H and O–H groups in total. The van der Waals surface area contributed by atoms with Crippen LogP contribution in [-0.2, 0) is 0 Å². The van der Waals surface area contributed by atoms with Gasteiger partial charge in [0.25, 0.3) is 6.43 Å². The Morgan fingerprint density at radius 1 is 1.53 bits per heavy atom. The fourth-order valence-electron chi connectivity index (χ4n) is 1.30. The maximum Gasteiger partial charge on any atom is 0.272 e. The zero-order valence-electron chi connectivity index (χ0n) is 9.28. The van der Waals surface area contributed by atoms with E-state index in [1.807, 2.05) is 13.0 Å². The van der Waals surface area contributed by atoms with Crippen LogP contribution in [0.25, 0.3) is 0 Å². The molecule has 0 unspecified atom stereocenters. The number of rotatable bonds is 6. The average molecular weight is 277 g/mol. The summed E-state index contributed by atoms with van der Waals surface area (Å²) < 4.78 is 29.2. The molecule has 0 aromatic heterocycles. The van der Waals surface area contributed by atoms with Gasteiger partial charge in [0.05, 0.1) is 5.56 Å². The highest BCUT2D eigenvalue weighted by Crippen LogP contribution is 2.30. The van der Waals surface area contributed by atoms with Crippen molar-refractivity contribution in [2.75, 3.05) is 12.4 Å². The SMILES string of the molecule is CCSc1cccc(OCC(F)F)c1C(N)=S. The lowest BCUT2D eigenvalue weighted by atomic mass is 10.2. The zero-order valence-corrected chi connectivity index (χ0v) is 10.9. The summed E-state index contributed by atoms with van der Waals surface area (Å²) in [4.78, 5) is 1.01. The third-order valence-corrected chi connectivity index (χ3v) is 3.04. The van der Waals surface area contributed by atoms with Crippen molar-refractivity contribution in [1.29, 1.82) is 0 Å². The minimum absolute atomic E-state index is 0.158. The molecule has 0 bridgehead atoms. The van der Waals surface area contributed by atoms with Crippen molar-refractivity contribution < 1.29 is 13.5 Å². The first kappa shape index (κ1) is 14.2. The van der Waals surface area contributed by atoms with E-state index in [0.717, 1.165) is 10.6 Å². The molecular formula is C11H13F2NOS2. The first-order valence-electron chi connectivity index (χ1n) is 5.02. The Morgan fingerprint density at radius 3 is 2.76 bits per heavy atom. The molecule has 1 aromatic carbocycles. The highest BCUT2D eigenvalue weighted by molar-refractivity contribution is 7.99. The van der Waals surface area contributed by atoms with Crippen LogP contribution in [0.5, 0.6) is 5.75 Å². The van der Waals surface area contributed by atoms with Gasteiger partial charge in [-0.15, -0.1) is 11.8 Å². The molecule has 0 saturated carbocycles. The van der Waals surface area contributed by atoms with E-state index in [0.29, 0.717) is 11.3 Å². The van der Waals surface area contributed by atoms with Crippen molar-refractivity contribution in [1.82, 2.24) is 0 Å². The summed E-state index contributed by atoms with van der Waals surface area (Å²) in [6.45, 7) is 1.33. The normalized spacial score (nSPS) is 10.6. The maximum atomic E-state index is 12.1. The van der Waals surface area contributed by atoms with Gasteiger partial charge in [0.2, 0.25) is 0 Å². The van der Waals surface area contributed by atoms with E-state index in [1.54, 1.807) is 23.9 Å². The Hall–Kier alpha value is -0.880. The lowest BCUT2D eigenvalue weighted by Crippen LogP contribution is -2.15. The van der Waals surface area contributed by atoms with Gasteiger partial charge in [0.15, 0.2) is 0 Å². The molecule has 1 rings (SSSR count). The summed E-state index contributed by atoms with van der Waals surface area (Å²) in [6.07, 6.45) is -2.52. The summed E-state index contributed by atoms with van der Waals surface area (Å²) in [6, 6.07) is 5.18. The molecule has 0 spiro atoms. The van der Waals surface area contributed by atoms with E-state index in [2.05, 4.69) is 0 Å². The number of hydrogen-bond donors (Lipinski definition) is 1. The number of hydrogen-bond acceptors (Lipinski definition) is 3. The van der Waals surface area contributed by atoms with Gasteiger partial charge in [-0.05, 0) is 17.9 Å². The Kier molecular flexibility index (Phi) is 5.64. The molecule has 0 heterocycles. The van der Waals surface area contributed by atoms with Gasteiger partial charge >= 0.3 is 0 Å². The van der Waals surface area contributed by atoms with Crippen molar-refractivity contribution in [2.45, 2.75) is 18.2 Å². The fourth-order valence-corrected chi connectivity index (χ4v) is 2.42. The van der Waals surface area contributed by atoms with Gasteiger partial charge in [0.1, 0.15) is 17.3 Å². The van der Waals surface area contributed by atoms with Gasteiger partial charge in [-0.25, -0.2) is 8.78 Å². The Bertz CT molecular complexity index is 399. The van der Waals surface area contributed by atoms with E-state index in [9.17, 15) is 8.78 Å². The second kappa shape index (κ2) is 6.76. The molecular weight excluding hydrogens is 264 g/mol. The minimum Gasteiger partial charge on any atom is -0.487 e. The maximum absolute atomic E-state index is 12.1. The Labute approximate surface area is 109 Å². The van der Waals surface area contributed by atoms with E-state index in [-0.39, 0.29) is 4.99 Å². The minimum atomic E-state index is -2.52. The van der Waals surface area contributed by atoms with Gasteiger partial charge in [-0.1, -0.05) is 25.2 Å². The summed E-state index contributed by atoms with van der Waals surface area (Å²) in [5, 5.41) is 0. The van der Waals surface area contributed by atoms with Crippen LogP contribution in [0.2, 0.25) is 0 Å². The van der Waals surface area contributed by atoms with Gasteiger partial charge in [0, 0.05) is 4.90 Å². The van der Waals surface area contributed by atoms with Crippen LogP contribution in [0.1, 0.15) is 12.5 Å². The highest BCUT2D eigenvalue weighted by Gasteiger charge is 2.13. The summed E-state index contributed by atoms with van der Waals surface area (Å²) in [5.41, 5.74) is 6.14. The van der Waals surface area contributed by atoms with Crippen molar-refractivity contribution in [3.05, 3.63) is 23.8 Å². The topological polar surface area (TPSA) is 35.2 Å². The first-order chi connectivity index (χ1) is 8.06. The molecule has 94 valence electrons. The van der Waals surface area contributed by atoms with Crippen molar-refractivity contribution in [3.63, 3.8) is 0 Å². The summed E-state index contributed by atoms with van der Waals surface area (Å²) in [5.74, 6) is 1.16. The highest BCUT2D eigenvalue weighted by atomic mass is 32.2. The van der Waals surface area contributed by atoms with E-state index >= 15 is 0 Å². The van der Waals surface area contributed by atoms with Crippen molar-refractivity contribution in [3.8, 4) is 5.75 Å². The van der Waals surface area contributed by atoms with Crippen LogP contribution in [0.15, 0.2) is 23.1 Å². The number of thioether (sulfide) groups is 1. The fraction of sp³-hybridized carbons (Fsp3) is 0.364. The van der Waals surface area contributed by atoms with E-state index < -0.39 is 13.0 Å². The number of thiocarbonyl (C=S) groups is 1. The third-order valence-electron chi connectivity index (χ3n) is 1.90. The van der Waals surface area contributed by atoms with Crippen LogP contribution in [0.3, 0.4) is 0 Å². The van der Waals surface area contributed by atoms with Crippen LogP contribution >= 0.6 is 24.0 Å². The lowest BCUT2D eigenvalue weighted by molar-refractivity contribution is 0.0817. The van der Waals surface area contributed by atoms with Crippen LogP contribution < -0.4 is 10.5 Å². The van der Waals surface area contributed by atoms with Crippen molar-refractivity contribution in [2.24, 2.45) is 5.73 Å². The number of nitrogens with two attached hydrogens (primary N) is 1. The second-order valence-electron chi connectivity index (χ2n) is 3.13. The molecule has 0 amide bonds. The number of halogens is 2. The molecule has 6 heteroatoms. The van der Waals surface area contributed by atoms with E-state index in [4.69, 9.17) is 22.7 Å². The molecule has 2 nitrogen and oxygen atoms in total. The standard InChI is InChI=1S/C11H13F2NOS2/c1-2-17-8-5-3-4-7(10(8)11(14)16)15-6-9(12)13/h3-5,9H,2,6H2,1H3,(H2,14,16). The monoisotopic (exact) mass is 277 g/mol. The third kappa shape index (κ3) is 4.12. The predicted octanol–water partition coefficient (Wildman–Crippen LogP) is 3.08. The molecule has 0 aliphatic carbocycles. The number of alkyl halides is 2. The zero-order chi connectivity index (χ0) is 12.8. The summed E-state index contributed by atoms with van der Waals surface area (Å²) >= 11 is 6.47. The molecule has 0 aliphatic rings.